The van der Waals surface area contributed by atoms with Crippen LogP contribution >= 0.6 is 0 Å². The topological polar surface area (TPSA) is 95.9 Å². The molecular weight excluding hydrogens is 250 g/mol. The highest BCUT2D eigenvalue weighted by atomic mass is 16.5. The van der Waals surface area contributed by atoms with Gasteiger partial charge in [0.1, 0.15) is 5.75 Å². The van der Waals surface area contributed by atoms with Crippen molar-refractivity contribution in [2.75, 3.05) is 13.2 Å². The number of ether oxygens (including phenoxy) is 1. The van der Waals surface area contributed by atoms with E-state index in [9.17, 15) is 9.59 Å². The molecular formula is C13H17NO5. The van der Waals surface area contributed by atoms with Crippen LogP contribution in [0, 0.1) is 6.92 Å². The molecule has 0 aliphatic carbocycles. The van der Waals surface area contributed by atoms with Crippen LogP contribution < -0.4 is 10.1 Å². The van der Waals surface area contributed by atoms with Gasteiger partial charge in [-0.3, -0.25) is 4.79 Å². The van der Waals surface area contributed by atoms with E-state index in [2.05, 4.69) is 5.32 Å². The predicted octanol–water partition coefficient (Wildman–Crippen LogP) is 0.326. The molecule has 0 saturated heterocycles. The molecule has 0 aliphatic heterocycles. The molecule has 104 valence electrons. The minimum atomic E-state index is -1.46. The maximum Gasteiger partial charge on any atom is 0.332 e. The Hall–Kier alpha value is -2.08. The van der Waals surface area contributed by atoms with E-state index in [0.717, 1.165) is 5.56 Å². The number of aryl methyl sites for hydroxylation is 1. The van der Waals surface area contributed by atoms with E-state index in [1.165, 1.54) is 0 Å². The highest BCUT2D eigenvalue weighted by molar-refractivity contribution is 5.77. The normalized spacial score (nSPS) is 11.7. The summed E-state index contributed by atoms with van der Waals surface area (Å²) in [5.41, 5.74) is 0.927. The lowest BCUT2D eigenvalue weighted by atomic mass is 10.2. The molecule has 0 fully saturated rings. The first-order valence-corrected chi connectivity index (χ1v) is 5.86. The van der Waals surface area contributed by atoms with Crippen LogP contribution in [-0.4, -0.2) is 41.3 Å². The number of aliphatic hydroxyl groups is 1. The van der Waals surface area contributed by atoms with Crippen molar-refractivity contribution in [2.24, 2.45) is 0 Å². The lowest BCUT2D eigenvalue weighted by Gasteiger charge is -2.10. The van der Waals surface area contributed by atoms with Crippen molar-refractivity contribution in [3.05, 3.63) is 29.8 Å². The first kappa shape index (κ1) is 15.0. The number of aliphatic carboxylic acids is 1. The summed E-state index contributed by atoms with van der Waals surface area (Å²) in [6.07, 6.45) is -1.50. The van der Waals surface area contributed by atoms with E-state index in [0.29, 0.717) is 5.75 Å². The number of amides is 1. The molecule has 3 N–H and O–H groups in total. The second-order valence-corrected chi connectivity index (χ2v) is 4.05. The summed E-state index contributed by atoms with van der Waals surface area (Å²) in [6, 6.07) is 7.31. The van der Waals surface area contributed by atoms with E-state index >= 15 is 0 Å². The number of rotatable bonds is 7. The fourth-order valence-corrected chi connectivity index (χ4v) is 1.38. The van der Waals surface area contributed by atoms with Gasteiger partial charge in [0.05, 0.1) is 0 Å². The van der Waals surface area contributed by atoms with E-state index in [-0.39, 0.29) is 25.5 Å². The zero-order valence-electron chi connectivity index (χ0n) is 10.6. The lowest BCUT2D eigenvalue weighted by Crippen LogP contribution is -2.33. The number of hydrogen-bond acceptors (Lipinski definition) is 4. The maximum absolute atomic E-state index is 11.4. The number of para-hydroxylation sites is 1. The monoisotopic (exact) mass is 267 g/mol. The molecule has 1 aromatic rings. The van der Waals surface area contributed by atoms with Crippen molar-refractivity contribution in [1.82, 2.24) is 5.32 Å². The van der Waals surface area contributed by atoms with Crippen LogP contribution in [0.25, 0.3) is 0 Å². The molecule has 0 spiro atoms. The lowest BCUT2D eigenvalue weighted by molar-refractivity contribution is -0.147. The van der Waals surface area contributed by atoms with Gasteiger partial charge in [0, 0.05) is 13.0 Å². The highest BCUT2D eigenvalue weighted by Crippen LogP contribution is 2.15. The Morgan fingerprint density at radius 2 is 2.05 bits per heavy atom. The molecule has 1 unspecified atom stereocenters. The van der Waals surface area contributed by atoms with Crippen molar-refractivity contribution in [3.8, 4) is 5.75 Å². The minimum absolute atomic E-state index is 0.0363. The average molecular weight is 267 g/mol. The SMILES string of the molecule is Cc1ccccc1OCC(=O)NCCC(O)C(=O)O. The Morgan fingerprint density at radius 1 is 1.37 bits per heavy atom. The summed E-state index contributed by atoms with van der Waals surface area (Å²) < 4.78 is 5.31. The van der Waals surface area contributed by atoms with Gasteiger partial charge in [0.25, 0.3) is 5.91 Å². The van der Waals surface area contributed by atoms with Crippen molar-refractivity contribution in [1.29, 1.82) is 0 Å². The minimum Gasteiger partial charge on any atom is -0.484 e. The van der Waals surface area contributed by atoms with E-state index in [4.69, 9.17) is 14.9 Å². The van der Waals surface area contributed by atoms with Gasteiger partial charge in [-0.2, -0.15) is 0 Å². The van der Waals surface area contributed by atoms with Crippen molar-refractivity contribution in [2.45, 2.75) is 19.4 Å². The van der Waals surface area contributed by atoms with E-state index < -0.39 is 12.1 Å². The van der Waals surface area contributed by atoms with Crippen molar-refractivity contribution >= 4 is 11.9 Å². The molecule has 19 heavy (non-hydrogen) atoms. The van der Waals surface area contributed by atoms with Crippen LogP contribution in [0.5, 0.6) is 5.75 Å². The Balaban J connectivity index is 2.25. The molecule has 6 nitrogen and oxygen atoms in total. The molecule has 0 aromatic heterocycles. The Morgan fingerprint density at radius 3 is 2.68 bits per heavy atom. The summed E-state index contributed by atoms with van der Waals surface area (Å²) in [7, 11) is 0. The van der Waals surface area contributed by atoms with Crippen LogP contribution in [0.1, 0.15) is 12.0 Å². The van der Waals surface area contributed by atoms with E-state index in [1.54, 1.807) is 6.07 Å². The third kappa shape index (κ3) is 5.39. The zero-order chi connectivity index (χ0) is 14.3. The van der Waals surface area contributed by atoms with Gasteiger partial charge in [-0.25, -0.2) is 4.79 Å². The van der Waals surface area contributed by atoms with Crippen LogP contribution in [0.15, 0.2) is 24.3 Å². The smallest absolute Gasteiger partial charge is 0.332 e. The quantitative estimate of drug-likeness (QED) is 0.661. The maximum atomic E-state index is 11.4. The molecule has 0 saturated carbocycles. The van der Waals surface area contributed by atoms with Gasteiger partial charge < -0.3 is 20.3 Å². The Bertz CT molecular complexity index is 446. The largest absolute Gasteiger partial charge is 0.484 e. The highest BCUT2D eigenvalue weighted by Gasteiger charge is 2.13. The third-order valence-electron chi connectivity index (χ3n) is 2.48. The summed E-state index contributed by atoms with van der Waals surface area (Å²) in [6.45, 7) is 1.81. The number of carbonyl (C=O) groups is 2. The van der Waals surface area contributed by atoms with Gasteiger partial charge in [0.2, 0.25) is 0 Å². The van der Waals surface area contributed by atoms with Gasteiger partial charge in [-0.15, -0.1) is 0 Å². The van der Waals surface area contributed by atoms with Gasteiger partial charge >= 0.3 is 5.97 Å². The Labute approximate surface area is 111 Å². The molecule has 1 atom stereocenters. The molecule has 0 heterocycles. The summed E-state index contributed by atoms with van der Waals surface area (Å²) in [5.74, 6) is -1.03. The fourth-order valence-electron chi connectivity index (χ4n) is 1.38. The molecule has 0 aliphatic rings. The summed E-state index contributed by atoms with van der Waals surface area (Å²) >= 11 is 0. The van der Waals surface area contributed by atoms with E-state index in [1.807, 2.05) is 25.1 Å². The number of hydrogen-bond donors (Lipinski definition) is 3. The van der Waals surface area contributed by atoms with Gasteiger partial charge in [-0.05, 0) is 18.6 Å². The Kier molecular flexibility index (Phi) is 5.81. The second kappa shape index (κ2) is 7.38. The zero-order valence-corrected chi connectivity index (χ0v) is 10.6. The molecule has 1 aromatic carbocycles. The second-order valence-electron chi connectivity index (χ2n) is 4.05. The van der Waals surface area contributed by atoms with Gasteiger partial charge in [0.15, 0.2) is 12.7 Å². The van der Waals surface area contributed by atoms with Crippen molar-refractivity contribution < 1.29 is 24.5 Å². The standard InChI is InChI=1S/C13H17NO5/c1-9-4-2-3-5-11(9)19-8-12(16)14-7-6-10(15)13(17)18/h2-5,10,15H,6-8H2,1H3,(H,14,16)(H,17,18). The molecule has 0 bridgehead atoms. The fraction of sp³-hybridized carbons (Fsp3) is 0.385. The van der Waals surface area contributed by atoms with Crippen LogP contribution in [0.2, 0.25) is 0 Å². The molecule has 0 radical (unpaired) electrons. The van der Waals surface area contributed by atoms with Gasteiger partial charge in [-0.1, -0.05) is 18.2 Å². The number of benzene rings is 1. The molecule has 1 amide bonds. The van der Waals surface area contributed by atoms with Crippen molar-refractivity contribution in [3.63, 3.8) is 0 Å². The number of carboxylic acid groups (broad SMARTS) is 1. The first-order chi connectivity index (χ1) is 9.00. The summed E-state index contributed by atoms with van der Waals surface area (Å²) in [4.78, 5) is 21.7. The molecule has 6 heteroatoms. The molecule has 1 rings (SSSR count). The number of nitrogens with one attached hydrogen (secondary N) is 1. The van der Waals surface area contributed by atoms with Crippen LogP contribution in [-0.2, 0) is 9.59 Å². The number of aliphatic hydroxyl groups excluding tert-OH is 1. The predicted molar refractivity (Wildman–Crippen MR) is 67.9 cm³/mol. The van der Waals surface area contributed by atoms with Crippen LogP contribution in [0.4, 0.5) is 0 Å². The first-order valence-electron chi connectivity index (χ1n) is 5.86. The third-order valence-corrected chi connectivity index (χ3v) is 2.48. The van der Waals surface area contributed by atoms with Crippen LogP contribution in [0.3, 0.4) is 0 Å². The number of carbonyl (C=O) groups excluding carboxylic acids is 1. The average Bonchev–Trinajstić information content (AvgIpc) is 2.37. The number of carboxylic acids is 1. The summed E-state index contributed by atoms with van der Waals surface area (Å²) in [5, 5.41) is 19.9.